The van der Waals surface area contributed by atoms with E-state index in [0.29, 0.717) is 11.0 Å². The van der Waals surface area contributed by atoms with Crippen molar-refractivity contribution < 1.29 is 19.4 Å². The van der Waals surface area contributed by atoms with Crippen molar-refractivity contribution in [2.45, 2.75) is 46.3 Å². The van der Waals surface area contributed by atoms with Gasteiger partial charge in [-0.25, -0.2) is 14.6 Å². The maximum absolute atomic E-state index is 12.0. The number of carbonyl (C=O) groups excluding carboxylic acids is 1. The molecular formula is C17H23ClN4O4. The Morgan fingerprint density at radius 2 is 2.04 bits per heavy atom. The molecule has 0 aromatic carbocycles. The average Bonchev–Trinajstić information content (AvgIpc) is 2.84. The molecule has 2 N–H and O–H groups in total. The van der Waals surface area contributed by atoms with Gasteiger partial charge in [0.25, 0.3) is 0 Å². The summed E-state index contributed by atoms with van der Waals surface area (Å²) in [6, 6.07) is 1.13. The highest BCUT2D eigenvalue weighted by molar-refractivity contribution is 6.28. The van der Waals surface area contributed by atoms with Crippen LogP contribution in [0.3, 0.4) is 0 Å². The van der Waals surface area contributed by atoms with E-state index in [-0.39, 0.29) is 29.5 Å². The van der Waals surface area contributed by atoms with E-state index in [0.717, 1.165) is 0 Å². The van der Waals surface area contributed by atoms with Gasteiger partial charge in [-0.2, -0.15) is 4.98 Å². The summed E-state index contributed by atoms with van der Waals surface area (Å²) in [5.41, 5.74) is -0.154. The number of nitrogens with zero attached hydrogens (tertiary/aromatic N) is 3. The molecule has 1 atom stereocenters. The third-order valence-corrected chi connectivity index (χ3v) is 3.90. The highest BCUT2D eigenvalue weighted by atomic mass is 35.5. The number of carbonyl (C=O) groups is 2. The van der Waals surface area contributed by atoms with Crippen LogP contribution < -0.4 is 5.32 Å². The van der Waals surface area contributed by atoms with Gasteiger partial charge in [0.1, 0.15) is 16.9 Å². The number of alkyl carbamates (subject to hydrolysis) is 1. The van der Waals surface area contributed by atoms with Crippen LogP contribution in [0, 0.1) is 5.92 Å². The van der Waals surface area contributed by atoms with Crippen molar-refractivity contribution in [3.05, 3.63) is 23.2 Å². The zero-order chi connectivity index (χ0) is 19.6. The van der Waals surface area contributed by atoms with Crippen LogP contribution in [-0.2, 0) is 4.74 Å². The lowest BCUT2D eigenvalue weighted by Crippen LogP contribution is -2.37. The van der Waals surface area contributed by atoms with E-state index in [4.69, 9.17) is 16.3 Å². The molecule has 2 aromatic heterocycles. The fourth-order valence-corrected chi connectivity index (χ4v) is 2.74. The minimum absolute atomic E-state index is 0.00683. The third-order valence-electron chi connectivity index (χ3n) is 3.72. The number of aromatic carboxylic acids is 1. The van der Waals surface area contributed by atoms with Gasteiger partial charge in [0.15, 0.2) is 0 Å². The summed E-state index contributed by atoms with van der Waals surface area (Å²) in [7, 11) is 0. The Morgan fingerprint density at radius 1 is 1.38 bits per heavy atom. The third kappa shape index (κ3) is 4.63. The lowest BCUT2D eigenvalue weighted by Gasteiger charge is -2.26. The van der Waals surface area contributed by atoms with Crippen LogP contribution in [0.5, 0.6) is 0 Å². The minimum atomic E-state index is -1.10. The summed E-state index contributed by atoms with van der Waals surface area (Å²) in [4.78, 5) is 31.8. The van der Waals surface area contributed by atoms with Crippen molar-refractivity contribution in [1.29, 1.82) is 0 Å². The Bertz CT molecular complexity index is 826. The van der Waals surface area contributed by atoms with Crippen LogP contribution in [0.2, 0.25) is 5.28 Å². The lowest BCUT2D eigenvalue weighted by molar-refractivity contribution is 0.0516. The van der Waals surface area contributed by atoms with E-state index in [1.165, 1.54) is 12.3 Å². The minimum Gasteiger partial charge on any atom is -0.477 e. The molecule has 0 aliphatic heterocycles. The largest absolute Gasteiger partial charge is 0.477 e. The molecule has 0 aliphatic rings. The van der Waals surface area contributed by atoms with E-state index in [1.54, 1.807) is 25.3 Å². The Kier molecular flexibility index (Phi) is 5.75. The zero-order valence-corrected chi connectivity index (χ0v) is 16.2. The summed E-state index contributed by atoms with van der Waals surface area (Å²) in [5.74, 6) is -1.09. The number of carboxylic acids is 1. The molecule has 2 aromatic rings. The van der Waals surface area contributed by atoms with Crippen molar-refractivity contribution in [3.8, 4) is 0 Å². The number of hydrogen-bond donors (Lipinski definition) is 2. The topological polar surface area (TPSA) is 106 Å². The maximum atomic E-state index is 12.0. The number of aromatic nitrogens is 3. The van der Waals surface area contributed by atoms with E-state index < -0.39 is 17.7 Å². The smallest absolute Gasteiger partial charge is 0.407 e. The molecular weight excluding hydrogens is 360 g/mol. The SMILES string of the molecule is CC(C)[C@@H](CNC(=O)OC(C)(C)C)n1c(C(=O)O)cc2cnc(Cl)nc21. The van der Waals surface area contributed by atoms with Crippen LogP contribution in [0.15, 0.2) is 12.3 Å². The summed E-state index contributed by atoms with van der Waals surface area (Å²) in [5, 5.41) is 12.9. The van der Waals surface area contributed by atoms with Crippen LogP contribution in [-0.4, -0.2) is 43.8 Å². The standard InChI is InChI=1S/C17H23ClN4O4/c1-9(2)12(8-20-16(25)26-17(3,4)5)22-11(14(23)24)6-10-7-19-15(18)21-13(10)22/h6-7,9,12H,8H2,1-5H3,(H,20,25)(H,23,24)/t12-/m1/s1. The van der Waals surface area contributed by atoms with Gasteiger partial charge in [0, 0.05) is 18.1 Å². The molecule has 2 rings (SSSR count). The second-order valence-electron chi connectivity index (χ2n) is 7.32. The molecule has 1 amide bonds. The van der Waals surface area contributed by atoms with Crippen molar-refractivity contribution in [2.75, 3.05) is 6.54 Å². The molecule has 2 heterocycles. The van der Waals surface area contributed by atoms with Gasteiger partial charge in [-0.1, -0.05) is 13.8 Å². The van der Waals surface area contributed by atoms with Gasteiger partial charge in [0.2, 0.25) is 5.28 Å². The Labute approximate surface area is 156 Å². The fraction of sp³-hybridized carbons (Fsp3) is 0.529. The van der Waals surface area contributed by atoms with E-state index in [2.05, 4.69) is 15.3 Å². The Hall–Kier alpha value is -2.35. The maximum Gasteiger partial charge on any atom is 0.407 e. The number of ether oxygens (including phenoxy) is 1. The van der Waals surface area contributed by atoms with Crippen LogP contribution >= 0.6 is 11.6 Å². The molecule has 0 bridgehead atoms. The van der Waals surface area contributed by atoms with Crippen LogP contribution in [0.4, 0.5) is 4.79 Å². The van der Waals surface area contributed by atoms with Crippen LogP contribution in [0.25, 0.3) is 11.0 Å². The normalized spacial score (nSPS) is 13.0. The molecule has 9 heteroatoms. The number of carboxylic acid groups (broad SMARTS) is 1. The first kappa shape index (κ1) is 20.0. The monoisotopic (exact) mass is 382 g/mol. The summed E-state index contributed by atoms with van der Waals surface area (Å²) in [6.45, 7) is 9.36. The Morgan fingerprint density at radius 3 is 2.58 bits per heavy atom. The number of amides is 1. The molecule has 142 valence electrons. The summed E-state index contributed by atoms with van der Waals surface area (Å²) in [6.07, 6.45) is 0.913. The van der Waals surface area contributed by atoms with Gasteiger partial charge in [-0.05, 0) is 44.4 Å². The summed E-state index contributed by atoms with van der Waals surface area (Å²) < 4.78 is 6.82. The van der Waals surface area contributed by atoms with Gasteiger partial charge >= 0.3 is 12.1 Å². The van der Waals surface area contributed by atoms with Crippen molar-refractivity contribution in [3.63, 3.8) is 0 Å². The van der Waals surface area contributed by atoms with Crippen molar-refractivity contribution in [2.24, 2.45) is 5.92 Å². The van der Waals surface area contributed by atoms with E-state index in [1.807, 2.05) is 13.8 Å². The average molecular weight is 383 g/mol. The van der Waals surface area contributed by atoms with Gasteiger partial charge in [-0.15, -0.1) is 0 Å². The van der Waals surface area contributed by atoms with Crippen molar-refractivity contribution in [1.82, 2.24) is 19.9 Å². The first-order valence-electron chi connectivity index (χ1n) is 8.23. The number of hydrogen-bond acceptors (Lipinski definition) is 5. The predicted octanol–water partition coefficient (Wildman–Crippen LogP) is 3.50. The number of rotatable bonds is 5. The second-order valence-corrected chi connectivity index (χ2v) is 7.65. The van der Waals surface area contributed by atoms with Crippen LogP contribution in [0.1, 0.15) is 51.1 Å². The number of fused-ring (bicyclic) bond motifs is 1. The molecule has 0 aliphatic carbocycles. The molecule has 0 saturated heterocycles. The van der Waals surface area contributed by atoms with Crippen molar-refractivity contribution >= 4 is 34.7 Å². The molecule has 8 nitrogen and oxygen atoms in total. The van der Waals surface area contributed by atoms with Gasteiger partial charge < -0.3 is 19.7 Å². The second kappa shape index (κ2) is 7.49. The fourth-order valence-electron chi connectivity index (χ4n) is 2.61. The summed E-state index contributed by atoms with van der Waals surface area (Å²) >= 11 is 5.89. The molecule has 26 heavy (non-hydrogen) atoms. The first-order chi connectivity index (χ1) is 12.0. The van der Waals surface area contributed by atoms with E-state index >= 15 is 0 Å². The lowest BCUT2D eigenvalue weighted by atomic mass is 10.0. The molecule has 0 unspecified atom stereocenters. The van der Waals surface area contributed by atoms with Gasteiger partial charge in [0.05, 0.1) is 6.04 Å². The van der Waals surface area contributed by atoms with Gasteiger partial charge in [-0.3, -0.25) is 0 Å². The molecule has 0 spiro atoms. The first-order valence-corrected chi connectivity index (χ1v) is 8.61. The molecule has 0 radical (unpaired) electrons. The molecule has 0 saturated carbocycles. The Balaban J connectivity index is 2.40. The zero-order valence-electron chi connectivity index (χ0n) is 15.4. The quantitative estimate of drug-likeness (QED) is 0.766. The van der Waals surface area contributed by atoms with E-state index in [9.17, 15) is 14.7 Å². The predicted molar refractivity (Wildman–Crippen MR) is 97.6 cm³/mol. The molecule has 0 fully saturated rings. The highest BCUT2D eigenvalue weighted by Gasteiger charge is 2.26. The number of halogens is 1. The number of nitrogens with one attached hydrogen (secondary N) is 1. The highest BCUT2D eigenvalue weighted by Crippen LogP contribution is 2.27.